The number of aryl methyl sites for hydroxylation is 1. The first-order chi connectivity index (χ1) is 10.1. The summed E-state index contributed by atoms with van der Waals surface area (Å²) in [6.45, 7) is 5.90. The molecule has 1 aromatic heterocycles. The number of nitrogens with zero attached hydrogens (tertiary/aromatic N) is 1. The summed E-state index contributed by atoms with van der Waals surface area (Å²) in [5.74, 6) is 0.0865. The van der Waals surface area contributed by atoms with Crippen LogP contribution in [0.4, 0.5) is 0 Å². The Hall–Kier alpha value is -1.09. The summed E-state index contributed by atoms with van der Waals surface area (Å²) in [6, 6.07) is 1.08. The van der Waals surface area contributed by atoms with Crippen molar-refractivity contribution in [2.45, 2.75) is 38.1 Å². The van der Waals surface area contributed by atoms with Crippen molar-refractivity contribution in [3.05, 3.63) is 17.6 Å². The highest BCUT2D eigenvalue weighted by atomic mass is 35.5. The molecule has 1 heterocycles. The number of nitrogens with one attached hydrogen (secondary N) is 1. The van der Waals surface area contributed by atoms with E-state index in [9.17, 15) is 13.2 Å². The zero-order chi connectivity index (χ0) is 17.1. The fraction of sp³-hybridized carbons (Fsp3) is 0.643. The normalized spacial score (nSPS) is 13.0. The van der Waals surface area contributed by atoms with Gasteiger partial charge in [-0.25, -0.2) is 12.7 Å². The van der Waals surface area contributed by atoms with E-state index in [0.29, 0.717) is 12.5 Å². The molecule has 1 amide bonds. The minimum absolute atomic E-state index is 0. The van der Waals surface area contributed by atoms with E-state index in [0.717, 1.165) is 10.7 Å². The van der Waals surface area contributed by atoms with E-state index in [-0.39, 0.29) is 34.9 Å². The number of sulfonamides is 1. The molecule has 1 aromatic rings. The predicted octanol–water partition coefficient (Wildman–Crippen LogP) is 1.36. The molecular formula is C14H26ClN3O4S. The van der Waals surface area contributed by atoms with Gasteiger partial charge in [0.15, 0.2) is 5.76 Å². The molecule has 23 heavy (non-hydrogen) atoms. The predicted molar refractivity (Wildman–Crippen MR) is 91.3 cm³/mol. The lowest BCUT2D eigenvalue weighted by Gasteiger charge is -2.17. The highest BCUT2D eigenvalue weighted by Gasteiger charge is 2.26. The van der Waals surface area contributed by atoms with Gasteiger partial charge in [-0.1, -0.05) is 13.8 Å². The summed E-state index contributed by atoms with van der Waals surface area (Å²) < 4.78 is 30.6. The topological polar surface area (TPSA) is 106 Å². The zero-order valence-corrected chi connectivity index (χ0v) is 15.8. The summed E-state index contributed by atoms with van der Waals surface area (Å²) in [5.41, 5.74) is 5.64. The summed E-state index contributed by atoms with van der Waals surface area (Å²) in [6.07, 6.45) is 0.741. The standard InChI is InChI=1S/C14H25N3O4S.ClH/c1-9(2)6-11(8-15)16-14(18)12-7-13(10(3)21-12)22(19,20)17(4)5;/h7,9,11H,6,8,15H2,1-5H3,(H,16,18);1H. The Morgan fingerprint density at radius 3 is 2.39 bits per heavy atom. The van der Waals surface area contributed by atoms with Gasteiger partial charge in [-0.2, -0.15) is 0 Å². The number of hydrogen-bond acceptors (Lipinski definition) is 5. The number of furan rings is 1. The van der Waals surface area contributed by atoms with Crippen LogP contribution in [0.2, 0.25) is 0 Å². The Morgan fingerprint density at radius 1 is 1.39 bits per heavy atom. The molecule has 0 aromatic carbocycles. The number of nitrogens with two attached hydrogens (primary N) is 1. The van der Waals surface area contributed by atoms with Crippen molar-refractivity contribution >= 4 is 28.3 Å². The molecule has 0 saturated heterocycles. The largest absolute Gasteiger partial charge is 0.455 e. The van der Waals surface area contributed by atoms with Crippen molar-refractivity contribution in [3.63, 3.8) is 0 Å². The Labute approximate surface area is 144 Å². The van der Waals surface area contributed by atoms with E-state index >= 15 is 0 Å². The molecule has 0 aliphatic rings. The molecule has 0 aliphatic heterocycles. The molecule has 0 spiro atoms. The van der Waals surface area contributed by atoms with Gasteiger partial charge in [-0.05, 0) is 19.3 Å². The molecule has 0 saturated carbocycles. The lowest BCUT2D eigenvalue weighted by molar-refractivity contribution is 0.0904. The third-order valence-electron chi connectivity index (χ3n) is 3.23. The van der Waals surface area contributed by atoms with E-state index in [1.54, 1.807) is 0 Å². The number of halogens is 1. The quantitative estimate of drug-likeness (QED) is 0.756. The van der Waals surface area contributed by atoms with Crippen LogP contribution in [0.1, 0.15) is 36.6 Å². The fourth-order valence-electron chi connectivity index (χ4n) is 2.07. The molecule has 0 fully saturated rings. The molecule has 1 rings (SSSR count). The minimum Gasteiger partial charge on any atom is -0.455 e. The molecule has 134 valence electrons. The average molecular weight is 368 g/mol. The van der Waals surface area contributed by atoms with Gasteiger partial charge >= 0.3 is 0 Å². The Balaban J connectivity index is 0.00000484. The molecule has 1 atom stereocenters. The van der Waals surface area contributed by atoms with Crippen molar-refractivity contribution in [2.24, 2.45) is 11.7 Å². The Kier molecular flexibility index (Phi) is 8.26. The second-order valence-corrected chi connectivity index (χ2v) is 7.97. The first-order valence-corrected chi connectivity index (χ1v) is 8.57. The van der Waals surface area contributed by atoms with Crippen molar-refractivity contribution in [1.82, 2.24) is 9.62 Å². The molecule has 9 heteroatoms. The van der Waals surface area contributed by atoms with Crippen LogP contribution >= 0.6 is 12.4 Å². The maximum Gasteiger partial charge on any atom is 0.287 e. The van der Waals surface area contributed by atoms with Crippen LogP contribution in [-0.4, -0.2) is 45.3 Å². The number of carbonyl (C=O) groups is 1. The van der Waals surface area contributed by atoms with Gasteiger partial charge in [-0.3, -0.25) is 4.79 Å². The first-order valence-electron chi connectivity index (χ1n) is 7.13. The molecule has 1 unspecified atom stereocenters. The van der Waals surface area contributed by atoms with Crippen LogP contribution in [0.15, 0.2) is 15.4 Å². The zero-order valence-electron chi connectivity index (χ0n) is 14.1. The molecule has 0 bridgehead atoms. The Bertz CT molecular complexity index is 626. The highest BCUT2D eigenvalue weighted by molar-refractivity contribution is 7.89. The van der Waals surface area contributed by atoms with Crippen LogP contribution < -0.4 is 11.1 Å². The maximum absolute atomic E-state index is 12.2. The lowest BCUT2D eigenvalue weighted by atomic mass is 10.0. The van der Waals surface area contributed by atoms with Crippen LogP contribution in [0.3, 0.4) is 0 Å². The monoisotopic (exact) mass is 367 g/mol. The van der Waals surface area contributed by atoms with E-state index in [2.05, 4.69) is 5.32 Å². The van der Waals surface area contributed by atoms with E-state index in [4.69, 9.17) is 10.2 Å². The molecule has 0 aliphatic carbocycles. The number of carbonyl (C=O) groups excluding carboxylic acids is 1. The van der Waals surface area contributed by atoms with Gasteiger partial charge in [0.2, 0.25) is 10.0 Å². The van der Waals surface area contributed by atoms with Gasteiger partial charge in [0.1, 0.15) is 10.7 Å². The van der Waals surface area contributed by atoms with Crippen molar-refractivity contribution in [2.75, 3.05) is 20.6 Å². The second-order valence-electron chi connectivity index (χ2n) is 5.85. The Morgan fingerprint density at radius 2 is 1.96 bits per heavy atom. The average Bonchev–Trinajstić information content (AvgIpc) is 2.79. The van der Waals surface area contributed by atoms with Gasteiger partial charge in [-0.15, -0.1) is 12.4 Å². The van der Waals surface area contributed by atoms with Crippen LogP contribution in [0, 0.1) is 12.8 Å². The SMILES string of the molecule is Cc1oc(C(=O)NC(CN)CC(C)C)cc1S(=O)(=O)N(C)C.Cl. The van der Waals surface area contributed by atoms with Crippen molar-refractivity contribution in [1.29, 1.82) is 0 Å². The second kappa shape index (κ2) is 8.68. The third kappa shape index (κ3) is 5.49. The maximum atomic E-state index is 12.2. The molecular weight excluding hydrogens is 342 g/mol. The minimum atomic E-state index is -3.64. The molecule has 0 radical (unpaired) electrons. The first kappa shape index (κ1) is 21.9. The number of amides is 1. The third-order valence-corrected chi connectivity index (χ3v) is 5.15. The summed E-state index contributed by atoms with van der Waals surface area (Å²) >= 11 is 0. The lowest BCUT2D eigenvalue weighted by Crippen LogP contribution is -2.40. The molecule has 3 N–H and O–H groups in total. The van der Waals surface area contributed by atoms with Gasteiger partial charge < -0.3 is 15.5 Å². The van der Waals surface area contributed by atoms with Crippen LogP contribution in [-0.2, 0) is 10.0 Å². The van der Waals surface area contributed by atoms with Gasteiger partial charge in [0.25, 0.3) is 5.91 Å². The van der Waals surface area contributed by atoms with Crippen LogP contribution in [0.5, 0.6) is 0 Å². The summed E-state index contributed by atoms with van der Waals surface area (Å²) in [7, 11) is -0.788. The van der Waals surface area contributed by atoms with Gasteiger partial charge in [0.05, 0.1) is 0 Å². The summed E-state index contributed by atoms with van der Waals surface area (Å²) in [4.78, 5) is 12.2. The number of hydrogen-bond donors (Lipinski definition) is 2. The van der Waals surface area contributed by atoms with Crippen LogP contribution in [0.25, 0.3) is 0 Å². The van der Waals surface area contributed by atoms with Gasteiger partial charge in [0, 0.05) is 32.7 Å². The number of rotatable bonds is 7. The molecule has 7 nitrogen and oxygen atoms in total. The van der Waals surface area contributed by atoms with E-state index in [1.807, 2.05) is 13.8 Å². The summed E-state index contributed by atoms with van der Waals surface area (Å²) in [5, 5.41) is 2.77. The van der Waals surface area contributed by atoms with E-state index < -0.39 is 15.9 Å². The van der Waals surface area contributed by atoms with E-state index in [1.165, 1.54) is 27.1 Å². The smallest absolute Gasteiger partial charge is 0.287 e. The highest BCUT2D eigenvalue weighted by Crippen LogP contribution is 2.22. The van der Waals surface area contributed by atoms with Crippen molar-refractivity contribution < 1.29 is 17.6 Å². The van der Waals surface area contributed by atoms with Crippen molar-refractivity contribution in [3.8, 4) is 0 Å². The fourth-order valence-corrected chi connectivity index (χ4v) is 3.12.